The number of amides is 1. The largest absolute Gasteiger partial charge is 0.394 e. The Morgan fingerprint density at radius 3 is 2.63 bits per heavy atom. The van der Waals surface area contributed by atoms with Crippen LogP contribution < -0.4 is 11.1 Å². The molecule has 1 aliphatic rings. The number of benzene rings is 1. The van der Waals surface area contributed by atoms with E-state index in [1.165, 1.54) is 23.4 Å². The van der Waals surface area contributed by atoms with Crippen LogP contribution in [0.1, 0.15) is 11.9 Å². The van der Waals surface area contributed by atoms with Crippen molar-refractivity contribution in [3.63, 3.8) is 0 Å². The number of nitrogens with one attached hydrogen (secondary N) is 1. The van der Waals surface area contributed by atoms with Gasteiger partial charge < -0.3 is 31.1 Å². The topological polar surface area (TPSA) is 169 Å². The van der Waals surface area contributed by atoms with Crippen molar-refractivity contribution < 1.29 is 24.9 Å². The number of hydrogen-bond donors (Lipinski definition) is 5. The lowest BCUT2D eigenvalue weighted by atomic mass is 10.1. The van der Waals surface area contributed by atoms with Crippen LogP contribution in [0.3, 0.4) is 0 Å². The fraction of sp³-hybridized carbons (Fsp3) is 0.263. The molecule has 0 aliphatic carbocycles. The zero-order valence-electron chi connectivity index (χ0n) is 15.7. The molecule has 0 unspecified atom stereocenters. The van der Waals surface area contributed by atoms with Crippen molar-refractivity contribution in [2.45, 2.75) is 24.5 Å². The van der Waals surface area contributed by atoms with Gasteiger partial charge in [-0.15, -0.1) is 0 Å². The van der Waals surface area contributed by atoms with E-state index in [2.05, 4.69) is 20.3 Å². The summed E-state index contributed by atoms with van der Waals surface area (Å²) in [6.07, 6.45) is -0.514. The van der Waals surface area contributed by atoms with Gasteiger partial charge in [0.05, 0.1) is 18.5 Å². The van der Waals surface area contributed by atoms with E-state index in [4.69, 9.17) is 10.5 Å². The number of aromatic nitrogens is 4. The third-order valence-corrected chi connectivity index (χ3v) is 4.83. The Balaban J connectivity index is 1.73. The highest BCUT2D eigenvalue weighted by atomic mass is 16.6. The van der Waals surface area contributed by atoms with Gasteiger partial charge in [-0.1, -0.05) is 18.2 Å². The van der Waals surface area contributed by atoms with Crippen LogP contribution in [0.25, 0.3) is 16.7 Å². The number of carbonyl (C=O) groups is 1. The first kappa shape index (κ1) is 19.9. The Morgan fingerprint density at radius 2 is 1.97 bits per heavy atom. The second-order valence-corrected chi connectivity index (χ2v) is 6.71. The molecule has 1 aromatic carbocycles. The Labute approximate surface area is 170 Å². The number of para-hydroxylation sites is 1. The molecule has 2 aromatic heterocycles. The van der Waals surface area contributed by atoms with Gasteiger partial charge in [0.25, 0.3) is 5.91 Å². The molecule has 4 atom stereocenters. The number of primary amides is 1. The first-order valence-electron chi connectivity index (χ1n) is 9.13. The highest BCUT2D eigenvalue weighted by Gasteiger charge is 2.44. The second kappa shape index (κ2) is 8.16. The van der Waals surface area contributed by atoms with Crippen molar-refractivity contribution in [3.05, 3.63) is 54.9 Å². The first-order chi connectivity index (χ1) is 14.5. The van der Waals surface area contributed by atoms with E-state index in [0.29, 0.717) is 0 Å². The van der Waals surface area contributed by atoms with E-state index in [1.54, 1.807) is 0 Å². The molecule has 0 spiro atoms. The molecule has 156 valence electrons. The van der Waals surface area contributed by atoms with Gasteiger partial charge in [-0.25, -0.2) is 15.0 Å². The fourth-order valence-corrected chi connectivity index (χ4v) is 3.29. The number of nitrogens with zero attached hydrogens (tertiary/aromatic N) is 4. The number of hydrogen-bond acceptors (Lipinski definition) is 9. The van der Waals surface area contributed by atoms with Crippen LogP contribution in [0, 0.1) is 0 Å². The van der Waals surface area contributed by atoms with Gasteiger partial charge in [0, 0.05) is 11.9 Å². The number of rotatable bonds is 6. The number of aliphatic hydroxyl groups is 3. The first-order valence-corrected chi connectivity index (χ1v) is 9.13. The zero-order valence-corrected chi connectivity index (χ0v) is 15.7. The van der Waals surface area contributed by atoms with Gasteiger partial charge in [0.2, 0.25) is 0 Å². The molecule has 1 saturated heterocycles. The fourth-order valence-electron chi connectivity index (χ4n) is 3.29. The summed E-state index contributed by atoms with van der Waals surface area (Å²) in [6.45, 7) is -0.457. The molecule has 4 rings (SSSR count). The number of imidazole rings is 1. The zero-order chi connectivity index (χ0) is 21.3. The minimum absolute atomic E-state index is 0.0812. The van der Waals surface area contributed by atoms with Crippen molar-refractivity contribution in [1.82, 2.24) is 19.5 Å². The van der Waals surface area contributed by atoms with E-state index in [-0.39, 0.29) is 22.4 Å². The third kappa shape index (κ3) is 3.50. The van der Waals surface area contributed by atoms with Gasteiger partial charge >= 0.3 is 0 Å². The number of carbonyl (C=O) groups excluding carboxylic acids is 1. The molecule has 6 N–H and O–H groups in total. The Bertz CT molecular complexity index is 1090. The molecular weight excluding hydrogens is 392 g/mol. The lowest BCUT2D eigenvalue weighted by Crippen LogP contribution is -2.33. The molecule has 1 fully saturated rings. The van der Waals surface area contributed by atoms with E-state index in [9.17, 15) is 20.1 Å². The molecule has 3 heterocycles. The monoisotopic (exact) mass is 412 g/mol. The van der Waals surface area contributed by atoms with Crippen LogP contribution in [0.15, 0.2) is 49.2 Å². The Kier molecular flexibility index (Phi) is 5.42. The summed E-state index contributed by atoms with van der Waals surface area (Å²) in [5.41, 5.74) is 7.11. The summed E-state index contributed by atoms with van der Waals surface area (Å²) in [5, 5.41) is 32.6. The molecule has 1 aliphatic heterocycles. The standard InChI is InChI=1S/C19H20N6O5/c20-17(29)11(6-21-10-4-2-1-3-5-10)13-14-18(23-8-22-13)25(9-24-14)19-16(28)15(27)12(7-26)30-19/h1-6,8-9,12,15-16,19,21,26-28H,7H2,(H2,20,29)/b11-6-/t12-,15-,16-,19-/m1/s1. The molecule has 0 bridgehead atoms. The molecule has 1 amide bonds. The van der Waals surface area contributed by atoms with Crippen molar-refractivity contribution in [3.8, 4) is 0 Å². The molecular formula is C19H20N6O5. The normalized spacial score (nSPS) is 24.3. The smallest absolute Gasteiger partial charge is 0.252 e. The minimum atomic E-state index is -1.30. The lowest BCUT2D eigenvalue weighted by molar-refractivity contribution is -0.112. The van der Waals surface area contributed by atoms with Crippen LogP contribution >= 0.6 is 0 Å². The second-order valence-electron chi connectivity index (χ2n) is 6.71. The van der Waals surface area contributed by atoms with Crippen molar-refractivity contribution in [2.24, 2.45) is 5.73 Å². The van der Waals surface area contributed by atoms with Crippen LogP contribution in [0.2, 0.25) is 0 Å². The third-order valence-electron chi connectivity index (χ3n) is 4.83. The molecule has 0 radical (unpaired) electrons. The van der Waals surface area contributed by atoms with E-state index < -0.39 is 37.1 Å². The summed E-state index contributed by atoms with van der Waals surface area (Å²) < 4.78 is 6.94. The molecule has 0 saturated carbocycles. The van der Waals surface area contributed by atoms with Crippen LogP contribution in [-0.4, -0.2) is 65.7 Å². The maximum Gasteiger partial charge on any atom is 0.252 e. The van der Waals surface area contributed by atoms with Gasteiger partial charge in [0.1, 0.15) is 35.8 Å². The molecule has 30 heavy (non-hydrogen) atoms. The number of fused-ring (bicyclic) bond motifs is 1. The average molecular weight is 412 g/mol. The van der Waals surface area contributed by atoms with Crippen LogP contribution in [-0.2, 0) is 9.53 Å². The van der Waals surface area contributed by atoms with Crippen LogP contribution in [0.5, 0.6) is 0 Å². The van der Waals surface area contributed by atoms with E-state index >= 15 is 0 Å². The van der Waals surface area contributed by atoms with Crippen molar-refractivity contribution >= 4 is 28.3 Å². The minimum Gasteiger partial charge on any atom is -0.394 e. The highest BCUT2D eigenvalue weighted by Crippen LogP contribution is 2.32. The summed E-state index contributed by atoms with van der Waals surface area (Å²) in [7, 11) is 0. The quantitative estimate of drug-likeness (QED) is 0.331. The number of ether oxygens (including phenoxy) is 1. The molecule has 3 aromatic rings. The Morgan fingerprint density at radius 1 is 1.20 bits per heavy atom. The average Bonchev–Trinajstić information content (AvgIpc) is 3.30. The van der Waals surface area contributed by atoms with Gasteiger partial charge in [-0.2, -0.15) is 0 Å². The number of anilines is 1. The van der Waals surface area contributed by atoms with Crippen molar-refractivity contribution in [2.75, 3.05) is 11.9 Å². The molecule has 11 nitrogen and oxygen atoms in total. The summed E-state index contributed by atoms with van der Waals surface area (Å²) in [5.74, 6) is -0.721. The molecule has 11 heteroatoms. The predicted molar refractivity (Wildman–Crippen MR) is 106 cm³/mol. The predicted octanol–water partition coefficient (Wildman–Crippen LogP) is -0.624. The maximum atomic E-state index is 12.1. The highest BCUT2D eigenvalue weighted by molar-refractivity contribution is 6.20. The van der Waals surface area contributed by atoms with Gasteiger partial charge in [-0.05, 0) is 12.1 Å². The summed E-state index contributed by atoms with van der Waals surface area (Å²) >= 11 is 0. The number of aliphatic hydroxyl groups excluding tert-OH is 3. The summed E-state index contributed by atoms with van der Waals surface area (Å²) in [6, 6.07) is 9.18. The van der Waals surface area contributed by atoms with E-state index in [1.807, 2.05) is 30.3 Å². The number of nitrogens with two attached hydrogens (primary N) is 1. The van der Waals surface area contributed by atoms with Crippen molar-refractivity contribution in [1.29, 1.82) is 0 Å². The van der Waals surface area contributed by atoms with Gasteiger partial charge in [0.15, 0.2) is 11.9 Å². The lowest BCUT2D eigenvalue weighted by Gasteiger charge is -2.16. The Hall–Kier alpha value is -3.38. The van der Waals surface area contributed by atoms with Crippen LogP contribution in [0.4, 0.5) is 5.69 Å². The SMILES string of the molecule is NC(=O)/C(=C\Nc1ccccc1)c1ncnc2c1ncn2[C@@H]1O[C@H](CO)[C@@H](O)[C@H]1O. The summed E-state index contributed by atoms with van der Waals surface area (Å²) in [4.78, 5) is 24.7. The van der Waals surface area contributed by atoms with Gasteiger partial charge in [-0.3, -0.25) is 9.36 Å². The van der Waals surface area contributed by atoms with E-state index in [0.717, 1.165) is 5.69 Å². The maximum absolute atomic E-state index is 12.1.